The van der Waals surface area contributed by atoms with Crippen LogP contribution in [0.5, 0.6) is 5.75 Å². The first-order chi connectivity index (χ1) is 16.7. The molecule has 7 heteroatoms. The van der Waals surface area contributed by atoms with Gasteiger partial charge in [-0.15, -0.1) is 11.3 Å². The molecule has 182 valence electrons. The number of amides is 1. The molecule has 1 fully saturated rings. The monoisotopic (exact) mass is 481 g/mol. The first-order valence-electron chi connectivity index (χ1n) is 12.3. The summed E-state index contributed by atoms with van der Waals surface area (Å²) in [7, 11) is 2.16. The van der Waals surface area contributed by atoms with Crippen LogP contribution < -0.4 is 10.1 Å². The number of carbonyl (C=O) groups excluding carboxylic acids is 1. The third-order valence-corrected chi connectivity index (χ3v) is 7.39. The maximum atomic E-state index is 12.3. The van der Waals surface area contributed by atoms with E-state index in [-0.39, 0.29) is 5.91 Å². The van der Waals surface area contributed by atoms with Crippen LogP contribution in [0.4, 0.5) is 0 Å². The van der Waals surface area contributed by atoms with E-state index in [2.05, 4.69) is 34.4 Å². The van der Waals surface area contributed by atoms with Crippen molar-refractivity contribution in [2.75, 3.05) is 33.4 Å². The average molecular weight is 482 g/mol. The molecule has 2 aromatic carbocycles. The molecule has 0 saturated carbocycles. The molecule has 1 aromatic heterocycles. The fourth-order valence-corrected chi connectivity index (χ4v) is 5.25. The molecule has 1 saturated heterocycles. The zero-order valence-electron chi connectivity index (χ0n) is 20.0. The Bertz CT molecular complexity index is 1020. The van der Waals surface area contributed by atoms with Crippen molar-refractivity contribution in [3.05, 3.63) is 59.1 Å². The minimum absolute atomic E-state index is 0.0914. The number of ether oxygens (including phenoxy) is 2. The summed E-state index contributed by atoms with van der Waals surface area (Å²) in [6.45, 7) is 3.77. The molecule has 3 aromatic rings. The summed E-state index contributed by atoms with van der Waals surface area (Å²) in [4.78, 5) is 19.3. The third-order valence-electron chi connectivity index (χ3n) is 6.30. The quantitative estimate of drug-likeness (QED) is 0.376. The summed E-state index contributed by atoms with van der Waals surface area (Å²) in [5.74, 6) is 0.941. The third kappa shape index (κ3) is 7.52. The maximum Gasteiger partial charge on any atom is 0.220 e. The van der Waals surface area contributed by atoms with Crippen LogP contribution in [0.3, 0.4) is 0 Å². The highest BCUT2D eigenvalue weighted by atomic mass is 32.1. The highest BCUT2D eigenvalue weighted by molar-refractivity contribution is 7.18. The second kappa shape index (κ2) is 12.8. The van der Waals surface area contributed by atoms with Crippen molar-refractivity contribution in [3.63, 3.8) is 0 Å². The Hall–Kier alpha value is -2.48. The zero-order valence-corrected chi connectivity index (χ0v) is 20.8. The summed E-state index contributed by atoms with van der Waals surface area (Å²) in [6.07, 6.45) is 5.49. The van der Waals surface area contributed by atoms with Crippen molar-refractivity contribution in [2.45, 2.75) is 51.1 Å². The van der Waals surface area contributed by atoms with E-state index in [1.807, 2.05) is 36.4 Å². The second-order valence-corrected chi connectivity index (χ2v) is 9.99. The van der Waals surface area contributed by atoms with Gasteiger partial charge in [0.15, 0.2) is 0 Å². The lowest BCUT2D eigenvalue weighted by atomic mass is 10.1. The molecule has 1 N–H and O–H groups in total. The summed E-state index contributed by atoms with van der Waals surface area (Å²) in [5.41, 5.74) is 2.12. The number of aryl methyl sites for hydroxylation is 1. The van der Waals surface area contributed by atoms with E-state index in [9.17, 15) is 4.79 Å². The molecule has 0 unspecified atom stereocenters. The number of hydrogen-bond acceptors (Lipinski definition) is 6. The highest BCUT2D eigenvalue weighted by Crippen LogP contribution is 2.23. The van der Waals surface area contributed by atoms with Crippen LogP contribution in [0.25, 0.3) is 10.2 Å². The predicted molar refractivity (Wildman–Crippen MR) is 137 cm³/mol. The fraction of sp³-hybridized carbons (Fsp3) is 0.481. The van der Waals surface area contributed by atoms with Gasteiger partial charge in [-0.3, -0.25) is 9.69 Å². The van der Waals surface area contributed by atoms with Crippen molar-refractivity contribution in [1.82, 2.24) is 15.2 Å². The molecule has 0 atom stereocenters. The molecule has 0 bridgehead atoms. The van der Waals surface area contributed by atoms with Crippen LogP contribution in [0.2, 0.25) is 0 Å². The van der Waals surface area contributed by atoms with Crippen molar-refractivity contribution >= 4 is 27.5 Å². The summed E-state index contributed by atoms with van der Waals surface area (Å²) in [6, 6.07) is 16.8. The lowest BCUT2D eigenvalue weighted by molar-refractivity contribution is -0.121. The van der Waals surface area contributed by atoms with E-state index < -0.39 is 0 Å². The molecule has 6 nitrogen and oxygen atoms in total. The zero-order chi connectivity index (χ0) is 23.6. The van der Waals surface area contributed by atoms with Crippen molar-refractivity contribution < 1.29 is 14.3 Å². The molecule has 0 spiro atoms. The summed E-state index contributed by atoms with van der Waals surface area (Å²) < 4.78 is 12.6. The lowest BCUT2D eigenvalue weighted by Crippen LogP contribution is -2.38. The molecule has 2 heterocycles. The summed E-state index contributed by atoms with van der Waals surface area (Å²) in [5, 5.41) is 4.19. The minimum atomic E-state index is 0.0914. The van der Waals surface area contributed by atoms with E-state index in [1.165, 1.54) is 4.70 Å². The van der Waals surface area contributed by atoms with Crippen LogP contribution in [0.15, 0.2) is 48.5 Å². The Labute approximate surface area is 206 Å². The van der Waals surface area contributed by atoms with Crippen LogP contribution >= 0.6 is 11.3 Å². The number of nitrogens with zero attached hydrogens (tertiary/aromatic N) is 2. The molecule has 1 aliphatic rings. The van der Waals surface area contributed by atoms with Gasteiger partial charge in [0.25, 0.3) is 0 Å². The van der Waals surface area contributed by atoms with Gasteiger partial charge in [-0.25, -0.2) is 4.98 Å². The van der Waals surface area contributed by atoms with Gasteiger partial charge in [0, 0.05) is 38.8 Å². The topological polar surface area (TPSA) is 63.7 Å². The fourth-order valence-electron chi connectivity index (χ4n) is 4.24. The van der Waals surface area contributed by atoms with E-state index in [0.717, 1.165) is 73.7 Å². The molecule has 1 aliphatic heterocycles. The molecule has 34 heavy (non-hydrogen) atoms. The Balaban J connectivity index is 1.11. The molecule has 0 radical (unpaired) electrons. The first kappa shape index (κ1) is 24.6. The number of aromatic nitrogens is 1. The van der Waals surface area contributed by atoms with E-state index in [1.54, 1.807) is 11.3 Å². The van der Waals surface area contributed by atoms with Gasteiger partial charge in [-0.1, -0.05) is 24.3 Å². The molecule has 4 rings (SSSR count). The number of thiazole rings is 1. The number of fused-ring (bicyclic) bond motifs is 1. The van der Waals surface area contributed by atoms with Crippen molar-refractivity contribution in [2.24, 2.45) is 0 Å². The Morgan fingerprint density at radius 3 is 2.88 bits per heavy atom. The second-order valence-electron chi connectivity index (χ2n) is 8.88. The highest BCUT2D eigenvalue weighted by Gasteiger charge is 2.18. The molecular formula is C27H35N3O3S. The van der Waals surface area contributed by atoms with E-state index >= 15 is 0 Å². The number of para-hydroxylation sites is 1. The molecule has 1 amide bonds. The van der Waals surface area contributed by atoms with Gasteiger partial charge in [-0.05, 0) is 69.0 Å². The van der Waals surface area contributed by atoms with E-state index in [4.69, 9.17) is 9.47 Å². The average Bonchev–Trinajstić information content (AvgIpc) is 3.29. The molecule has 0 aliphatic carbocycles. The number of nitrogens with one attached hydrogen (secondary N) is 1. The number of rotatable bonds is 12. The largest absolute Gasteiger partial charge is 0.492 e. The number of hydrogen-bond donors (Lipinski definition) is 1. The van der Waals surface area contributed by atoms with Crippen LogP contribution in [0, 0.1) is 0 Å². The standard InChI is InChI=1S/C27H35N3O3S/c1-30(22-13-16-32-17-14-22)15-18-33-23-8-6-7-21(19-23)20-28-26(31)11-4-5-12-27-29-24-9-2-3-10-25(24)34-27/h2-3,6-10,19,22H,4-5,11-18,20H2,1H3,(H,28,31). The van der Waals surface area contributed by atoms with E-state index in [0.29, 0.717) is 25.6 Å². The Kier molecular flexibility index (Phi) is 9.30. The SMILES string of the molecule is CN(CCOc1cccc(CNC(=O)CCCCc2nc3ccccc3s2)c1)C1CCOCC1. The Morgan fingerprint density at radius 2 is 2.03 bits per heavy atom. The molecular weight excluding hydrogens is 446 g/mol. The maximum absolute atomic E-state index is 12.3. The lowest BCUT2D eigenvalue weighted by Gasteiger charge is -2.31. The number of unbranched alkanes of at least 4 members (excludes halogenated alkanes) is 1. The predicted octanol–water partition coefficient (Wildman–Crippen LogP) is 4.82. The van der Waals surface area contributed by atoms with Gasteiger partial charge in [-0.2, -0.15) is 0 Å². The number of carbonyl (C=O) groups is 1. The number of benzene rings is 2. The van der Waals surface area contributed by atoms with Gasteiger partial charge in [0.1, 0.15) is 12.4 Å². The normalized spacial score (nSPS) is 14.5. The van der Waals surface area contributed by atoms with Crippen molar-refractivity contribution in [3.8, 4) is 5.75 Å². The van der Waals surface area contributed by atoms with Gasteiger partial charge < -0.3 is 14.8 Å². The van der Waals surface area contributed by atoms with Gasteiger partial charge in [0.05, 0.1) is 15.2 Å². The number of likely N-dealkylation sites (N-methyl/N-ethyl adjacent to an activating group) is 1. The smallest absolute Gasteiger partial charge is 0.220 e. The van der Waals surface area contributed by atoms with Gasteiger partial charge >= 0.3 is 0 Å². The van der Waals surface area contributed by atoms with Crippen LogP contribution in [-0.4, -0.2) is 55.2 Å². The van der Waals surface area contributed by atoms with Crippen LogP contribution in [-0.2, 0) is 22.5 Å². The Morgan fingerprint density at radius 1 is 1.18 bits per heavy atom. The summed E-state index contributed by atoms with van der Waals surface area (Å²) >= 11 is 1.75. The van der Waals surface area contributed by atoms with Gasteiger partial charge in [0.2, 0.25) is 5.91 Å². The first-order valence-corrected chi connectivity index (χ1v) is 13.1. The van der Waals surface area contributed by atoms with Crippen molar-refractivity contribution in [1.29, 1.82) is 0 Å². The minimum Gasteiger partial charge on any atom is -0.492 e. The van der Waals surface area contributed by atoms with Crippen LogP contribution in [0.1, 0.15) is 42.7 Å².